The van der Waals surface area contributed by atoms with Crippen molar-refractivity contribution in [2.24, 2.45) is 5.92 Å². The van der Waals surface area contributed by atoms with E-state index in [-0.39, 0.29) is 17.7 Å². The molecule has 2 bridgehead atoms. The second-order valence-electron chi connectivity index (χ2n) is 7.64. The van der Waals surface area contributed by atoms with Crippen molar-refractivity contribution in [2.45, 2.75) is 42.9 Å². The number of aliphatic hydroxyl groups excluding tert-OH is 1. The van der Waals surface area contributed by atoms with Crippen LogP contribution in [-0.4, -0.2) is 54.4 Å². The van der Waals surface area contributed by atoms with E-state index >= 15 is 0 Å². The third-order valence-corrected chi connectivity index (χ3v) is 6.49. The number of halogens is 3. The van der Waals surface area contributed by atoms with Crippen LogP contribution in [0.25, 0.3) is 0 Å². The fourth-order valence-electron chi connectivity index (χ4n) is 5.60. The molecule has 5 atom stereocenters. The molecule has 1 saturated heterocycles. The van der Waals surface area contributed by atoms with E-state index in [2.05, 4.69) is 4.74 Å². The van der Waals surface area contributed by atoms with Crippen LogP contribution in [-0.2, 0) is 16.6 Å². The molecule has 2 aliphatic heterocycles. The highest BCUT2D eigenvalue weighted by molar-refractivity contribution is 5.70. The highest BCUT2D eigenvalue weighted by Crippen LogP contribution is 2.62. The van der Waals surface area contributed by atoms with Gasteiger partial charge in [-0.2, -0.15) is 0 Å². The van der Waals surface area contributed by atoms with Crippen LogP contribution in [0.15, 0.2) is 24.3 Å². The van der Waals surface area contributed by atoms with E-state index in [0.717, 1.165) is 5.56 Å². The standard InChI is InChI=1S/C19H18F3NO5/c1-26-17(25)23-7-6-18-10-3-4-12(24)16(18)27-15-13(28-19(20,21)22)5-2-9(14(15)18)8-11(10)23/h2-5,10-12,16,24H,6-8H2,1H3/t10?,11?,12-,16-,18?/m0/s1. The largest absolute Gasteiger partial charge is 0.573 e. The summed E-state index contributed by atoms with van der Waals surface area (Å²) in [6, 6.07) is 2.62. The SMILES string of the molecule is COC(=O)N1CCC23c4c5ccc(OC(F)(F)F)c4O[C@H]2[C@@H](O)C=CC3C1C5. The average molecular weight is 397 g/mol. The summed E-state index contributed by atoms with van der Waals surface area (Å²) in [5.41, 5.74) is 0.787. The zero-order chi connectivity index (χ0) is 19.8. The molecule has 1 aromatic rings. The van der Waals surface area contributed by atoms with E-state index in [1.54, 1.807) is 17.0 Å². The molecule has 3 unspecified atom stereocenters. The molecule has 4 aliphatic rings. The van der Waals surface area contributed by atoms with Crippen LogP contribution in [0.1, 0.15) is 17.5 Å². The highest BCUT2D eigenvalue weighted by atomic mass is 19.4. The number of methoxy groups -OCH3 is 1. The van der Waals surface area contributed by atoms with Crippen molar-refractivity contribution in [3.8, 4) is 11.5 Å². The smallest absolute Gasteiger partial charge is 0.482 e. The zero-order valence-electron chi connectivity index (χ0n) is 14.9. The molecular weight excluding hydrogens is 379 g/mol. The third-order valence-electron chi connectivity index (χ3n) is 6.49. The molecule has 150 valence electrons. The average Bonchev–Trinajstić information content (AvgIpc) is 2.98. The molecule has 9 heteroatoms. The van der Waals surface area contributed by atoms with Gasteiger partial charge >= 0.3 is 12.5 Å². The molecule has 2 aliphatic carbocycles. The monoisotopic (exact) mass is 397 g/mol. The number of benzene rings is 1. The molecule has 6 nitrogen and oxygen atoms in total. The van der Waals surface area contributed by atoms with E-state index < -0.39 is 35.8 Å². The topological polar surface area (TPSA) is 68.2 Å². The van der Waals surface area contributed by atoms with Crippen LogP contribution in [0.2, 0.25) is 0 Å². The first kappa shape index (κ1) is 17.7. The van der Waals surface area contributed by atoms with Crippen molar-refractivity contribution < 1.29 is 37.3 Å². The molecule has 2 heterocycles. The molecule has 0 radical (unpaired) electrons. The Bertz CT molecular complexity index is 885. The first-order valence-electron chi connectivity index (χ1n) is 9.06. The van der Waals surface area contributed by atoms with Gasteiger partial charge in [-0.15, -0.1) is 13.2 Å². The number of piperidine rings is 1. The van der Waals surface area contributed by atoms with Gasteiger partial charge in [-0.25, -0.2) is 4.79 Å². The minimum Gasteiger partial charge on any atom is -0.482 e. The number of aliphatic hydroxyl groups is 1. The molecule has 5 rings (SSSR count). The lowest BCUT2D eigenvalue weighted by molar-refractivity contribution is -0.275. The maximum Gasteiger partial charge on any atom is 0.573 e. The summed E-state index contributed by atoms with van der Waals surface area (Å²) in [5, 5.41) is 10.6. The number of ether oxygens (including phenoxy) is 3. The summed E-state index contributed by atoms with van der Waals surface area (Å²) < 4.78 is 53.7. The van der Waals surface area contributed by atoms with Gasteiger partial charge in [0, 0.05) is 29.5 Å². The number of likely N-dealkylation sites (tertiary alicyclic amines) is 1. The Kier molecular flexibility index (Phi) is 3.51. The lowest BCUT2D eigenvalue weighted by atomic mass is 9.53. The van der Waals surface area contributed by atoms with Gasteiger partial charge in [-0.3, -0.25) is 0 Å². The summed E-state index contributed by atoms with van der Waals surface area (Å²) in [7, 11) is 1.32. The van der Waals surface area contributed by atoms with E-state index in [0.29, 0.717) is 24.9 Å². The van der Waals surface area contributed by atoms with Crippen molar-refractivity contribution >= 4 is 6.09 Å². The summed E-state index contributed by atoms with van der Waals surface area (Å²) >= 11 is 0. The predicted octanol–water partition coefficient (Wildman–Crippen LogP) is 2.53. The molecule has 1 aromatic carbocycles. The lowest BCUT2D eigenvalue weighted by Gasteiger charge is -2.56. The number of nitrogens with zero attached hydrogens (tertiary/aromatic N) is 1. The van der Waals surface area contributed by atoms with Gasteiger partial charge < -0.3 is 24.2 Å². The second-order valence-corrected chi connectivity index (χ2v) is 7.64. The van der Waals surface area contributed by atoms with Crippen LogP contribution < -0.4 is 9.47 Å². The number of hydrogen-bond acceptors (Lipinski definition) is 5. The van der Waals surface area contributed by atoms with E-state index in [1.165, 1.54) is 13.2 Å². The molecular formula is C19H18F3NO5. The normalized spacial score (nSPS) is 34.5. The zero-order valence-corrected chi connectivity index (χ0v) is 14.9. The van der Waals surface area contributed by atoms with Crippen molar-refractivity contribution in [1.29, 1.82) is 0 Å². The molecule has 1 spiro atoms. The molecule has 1 fully saturated rings. The van der Waals surface area contributed by atoms with Gasteiger partial charge in [0.15, 0.2) is 11.5 Å². The maximum atomic E-state index is 12.9. The fraction of sp³-hybridized carbons (Fsp3) is 0.526. The Morgan fingerprint density at radius 2 is 2.14 bits per heavy atom. The lowest BCUT2D eigenvalue weighted by Crippen LogP contribution is -2.66. The molecule has 0 aromatic heterocycles. The van der Waals surface area contributed by atoms with Gasteiger partial charge in [0.25, 0.3) is 0 Å². The third kappa shape index (κ3) is 2.16. The Morgan fingerprint density at radius 3 is 2.86 bits per heavy atom. The van der Waals surface area contributed by atoms with Gasteiger partial charge in [0.2, 0.25) is 0 Å². The Balaban J connectivity index is 1.69. The van der Waals surface area contributed by atoms with Crippen LogP contribution in [0.4, 0.5) is 18.0 Å². The first-order valence-corrected chi connectivity index (χ1v) is 9.06. The van der Waals surface area contributed by atoms with Crippen molar-refractivity contribution in [3.63, 3.8) is 0 Å². The number of alkyl halides is 3. The van der Waals surface area contributed by atoms with Crippen molar-refractivity contribution in [2.75, 3.05) is 13.7 Å². The molecule has 28 heavy (non-hydrogen) atoms. The predicted molar refractivity (Wildman–Crippen MR) is 89.1 cm³/mol. The minimum absolute atomic E-state index is 0.0533. The molecule has 0 saturated carbocycles. The number of carbonyl (C=O) groups excluding carboxylic acids is 1. The fourth-order valence-corrected chi connectivity index (χ4v) is 5.60. The van der Waals surface area contributed by atoms with Crippen LogP contribution >= 0.6 is 0 Å². The van der Waals surface area contributed by atoms with Crippen molar-refractivity contribution in [1.82, 2.24) is 4.90 Å². The van der Waals surface area contributed by atoms with E-state index in [9.17, 15) is 23.1 Å². The Morgan fingerprint density at radius 1 is 1.36 bits per heavy atom. The first-order chi connectivity index (χ1) is 13.3. The number of rotatable bonds is 1. The van der Waals surface area contributed by atoms with Gasteiger partial charge in [0.1, 0.15) is 12.2 Å². The van der Waals surface area contributed by atoms with Gasteiger partial charge in [-0.1, -0.05) is 18.2 Å². The summed E-state index contributed by atoms with van der Waals surface area (Å²) in [6.07, 6.45) is -2.59. The van der Waals surface area contributed by atoms with E-state index in [4.69, 9.17) is 9.47 Å². The van der Waals surface area contributed by atoms with Crippen molar-refractivity contribution in [3.05, 3.63) is 35.4 Å². The van der Waals surface area contributed by atoms with Crippen LogP contribution in [0.3, 0.4) is 0 Å². The van der Waals surface area contributed by atoms with Crippen LogP contribution in [0.5, 0.6) is 11.5 Å². The Hall–Kier alpha value is -2.42. The number of carbonyl (C=O) groups is 1. The highest BCUT2D eigenvalue weighted by Gasteiger charge is 2.65. The van der Waals surface area contributed by atoms with Gasteiger partial charge in [0.05, 0.1) is 7.11 Å². The molecule has 1 N–H and O–H groups in total. The Labute approximate surface area is 158 Å². The number of hydrogen-bond donors (Lipinski definition) is 1. The van der Waals surface area contributed by atoms with E-state index in [1.807, 2.05) is 6.08 Å². The number of amides is 1. The van der Waals surface area contributed by atoms with Gasteiger partial charge in [-0.05, 0) is 24.5 Å². The maximum absolute atomic E-state index is 12.9. The quantitative estimate of drug-likeness (QED) is 0.738. The molecule has 1 amide bonds. The second kappa shape index (κ2) is 5.56. The van der Waals surface area contributed by atoms with Crippen LogP contribution in [0, 0.1) is 5.92 Å². The summed E-state index contributed by atoms with van der Waals surface area (Å²) in [5.74, 6) is -0.531. The summed E-state index contributed by atoms with van der Waals surface area (Å²) in [6.45, 7) is 0.373. The summed E-state index contributed by atoms with van der Waals surface area (Å²) in [4.78, 5) is 13.9. The minimum atomic E-state index is -4.85.